The van der Waals surface area contributed by atoms with Gasteiger partial charge in [0.25, 0.3) is 5.91 Å². The lowest BCUT2D eigenvalue weighted by molar-refractivity contribution is -0.0586. The number of terminal acetylenes is 1. The van der Waals surface area contributed by atoms with E-state index in [1.165, 1.54) is 0 Å². The average molecular weight is 273 g/mol. The Kier molecular flexibility index (Phi) is 4.65. The van der Waals surface area contributed by atoms with Crippen molar-refractivity contribution in [3.05, 3.63) is 29.8 Å². The molecule has 0 aromatic heterocycles. The molecule has 0 unspecified atom stereocenters. The second-order valence-corrected chi connectivity index (χ2v) is 4.98. The van der Waals surface area contributed by atoms with E-state index in [9.17, 15) is 4.79 Å². The molecule has 1 fully saturated rings. The highest BCUT2D eigenvalue weighted by Crippen LogP contribution is 2.17. The number of carbonyl (C=O) groups is 1. The topological polar surface area (TPSA) is 38.8 Å². The van der Waals surface area contributed by atoms with Crippen LogP contribution in [-0.4, -0.2) is 42.7 Å². The van der Waals surface area contributed by atoms with E-state index in [2.05, 4.69) is 5.92 Å². The van der Waals surface area contributed by atoms with Crippen LogP contribution < -0.4 is 4.74 Å². The van der Waals surface area contributed by atoms with Crippen LogP contribution >= 0.6 is 0 Å². The van der Waals surface area contributed by atoms with Crippen LogP contribution in [-0.2, 0) is 4.74 Å². The number of carbonyl (C=O) groups excluding carboxylic acids is 1. The van der Waals surface area contributed by atoms with Gasteiger partial charge in [0.05, 0.1) is 12.2 Å². The highest BCUT2D eigenvalue weighted by Gasteiger charge is 2.26. The second kappa shape index (κ2) is 6.44. The maximum absolute atomic E-state index is 12.4. The summed E-state index contributed by atoms with van der Waals surface area (Å²) >= 11 is 0. The van der Waals surface area contributed by atoms with E-state index < -0.39 is 0 Å². The van der Waals surface area contributed by atoms with E-state index in [1.807, 2.05) is 18.7 Å². The molecule has 0 radical (unpaired) electrons. The minimum atomic E-state index is 0.0236. The number of rotatable bonds is 3. The molecule has 1 aliphatic rings. The fourth-order valence-electron chi connectivity index (χ4n) is 2.35. The van der Waals surface area contributed by atoms with E-state index in [0.29, 0.717) is 24.4 Å². The van der Waals surface area contributed by atoms with Gasteiger partial charge in [-0.05, 0) is 38.1 Å². The smallest absolute Gasteiger partial charge is 0.254 e. The maximum atomic E-state index is 12.4. The Balaban J connectivity index is 2.03. The second-order valence-electron chi connectivity index (χ2n) is 4.98. The van der Waals surface area contributed by atoms with Crippen molar-refractivity contribution in [1.82, 2.24) is 4.90 Å². The summed E-state index contributed by atoms with van der Waals surface area (Å²) in [5, 5.41) is 0. The van der Waals surface area contributed by atoms with Crippen molar-refractivity contribution in [2.75, 3.05) is 19.7 Å². The predicted molar refractivity (Wildman–Crippen MR) is 76.7 cm³/mol. The zero-order valence-electron chi connectivity index (χ0n) is 11.8. The third-order valence-corrected chi connectivity index (χ3v) is 3.13. The maximum Gasteiger partial charge on any atom is 0.254 e. The highest BCUT2D eigenvalue weighted by molar-refractivity contribution is 5.94. The van der Waals surface area contributed by atoms with Crippen LogP contribution in [0.25, 0.3) is 0 Å². The van der Waals surface area contributed by atoms with Crippen LogP contribution in [0.1, 0.15) is 24.2 Å². The molecule has 1 saturated heterocycles. The molecule has 1 aliphatic heterocycles. The minimum Gasteiger partial charge on any atom is -0.481 e. The molecule has 20 heavy (non-hydrogen) atoms. The van der Waals surface area contributed by atoms with Gasteiger partial charge in [0.2, 0.25) is 0 Å². The molecule has 106 valence electrons. The molecule has 4 heteroatoms. The van der Waals surface area contributed by atoms with Gasteiger partial charge >= 0.3 is 0 Å². The van der Waals surface area contributed by atoms with Crippen molar-refractivity contribution in [2.45, 2.75) is 26.1 Å². The molecule has 4 nitrogen and oxygen atoms in total. The van der Waals surface area contributed by atoms with Crippen molar-refractivity contribution < 1.29 is 14.3 Å². The Hall–Kier alpha value is -1.99. The third-order valence-electron chi connectivity index (χ3n) is 3.13. The predicted octanol–water partition coefficient (Wildman–Crippen LogP) is 1.95. The number of benzene rings is 1. The summed E-state index contributed by atoms with van der Waals surface area (Å²) in [7, 11) is 0. The first-order chi connectivity index (χ1) is 9.60. The first-order valence-electron chi connectivity index (χ1n) is 6.71. The van der Waals surface area contributed by atoms with Gasteiger partial charge in [0, 0.05) is 18.7 Å². The molecule has 1 aromatic carbocycles. The van der Waals surface area contributed by atoms with Crippen LogP contribution in [0.2, 0.25) is 0 Å². The summed E-state index contributed by atoms with van der Waals surface area (Å²) in [6.45, 7) is 5.43. The van der Waals surface area contributed by atoms with Gasteiger partial charge < -0.3 is 14.4 Å². The van der Waals surface area contributed by atoms with Gasteiger partial charge in [-0.25, -0.2) is 0 Å². The van der Waals surface area contributed by atoms with Crippen LogP contribution in [0.4, 0.5) is 0 Å². The lowest BCUT2D eigenvalue weighted by Gasteiger charge is -2.35. The Morgan fingerprint density at radius 1 is 1.35 bits per heavy atom. The van der Waals surface area contributed by atoms with E-state index in [-0.39, 0.29) is 24.7 Å². The first-order valence-corrected chi connectivity index (χ1v) is 6.71. The van der Waals surface area contributed by atoms with E-state index in [4.69, 9.17) is 15.9 Å². The van der Waals surface area contributed by atoms with Gasteiger partial charge in [-0.3, -0.25) is 4.79 Å². The third kappa shape index (κ3) is 3.52. The summed E-state index contributed by atoms with van der Waals surface area (Å²) in [6, 6.07) is 7.05. The molecule has 0 N–H and O–H groups in total. The van der Waals surface area contributed by atoms with Crippen LogP contribution in [0.15, 0.2) is 24.3 Å². The zero-order chi connectivity index (χ0) is 14.5. The zero-order valence-corrected chi connectivity index (χ0v) is 11.8. The van der Waals surface area contributed by atoms with Crippen molar-refractivity contribution in [3.8, 4) is 18.1 Å². The number of morpholine rings is 1. The van der Waals surface area contributed by atoms with E-state index in [0.717, 1.165) is 0 Å². The fourth-order valence-corrected chi connectivity index (χ4v) is 2.35. The summed E-state index contributed by atoms with van der Waals surface area (Å²) < 4.78 is 10.9. The molecule has 1 aromatic rings. The Bertz CT molecular complexity index is 493. The average Bonchev–Trinajstić information content (AvgIpc) is 2.44. The van der Waals surface area contributed by atoms with Crippen molar-refractivity contribution in [3.63, 3.8) is 0 Å². The monoisotopic (exact) mass is 273 g/mol. The van der Waals surface area contributed by atoms with E-state index in [1.54, 1.807) is 24.3 Å². The molecular weight excluding hydrogens is 254 g/mol. The molecule has 2 atom stereocenters. The SMILES string of the molecule is C#CCOc1ccc(C(=O)N2C[C@H](C)O[C@@H](C)C2)cc1. The van der Waals surface area contributed by atoms with Crippen LogP contribution in [0.3, 0.4) is 0 Å². The van der Waals surface area contributed by atoms with Crippen LogP contribution in [0, 0.1) is 12.3 Å². The number of amides is 1. The van der Waals surface area contributed by atoms with Crippen LogP contribution in [0.5, 0.6) is 5.75 Å². The van der Waals surface area contributed by atoms with Gasteiger partial charge in [0.1, 0.15) is 12.4 Å². The largest absolute Gasteiger partial charge is 0.481 e. The number of nitrogens with zero attached hydrogens (tertiary/aromatic N) is 1. The summed E-state index contributed by atoms with van der Waals surface area (Å²) in [6.07, 6.45) is 5.27. The molecular formula is C16H19NO3. The highest BCUT2D eigenvalue weighted by atomic mass is 16.5. The molecule has 1 heterocycles. The molecule has 1 amide bonds. The molecule has 2 rings (SSSR count). The summed E-state index contributed by atoms with van der Waals surface area (Å²) in [5.41, 5.74) is 0.652. The standard InChI is InChI=1S/C16H19NO3/c1-4-9-19-15-7-5-14(6-8-15)16(18)17-10-12(2)20-13(3)11-17/h1,5-8,12-13H,9-11H2,2-3H3/t12-,13-/m0/s1. The molecule has 0 spiro atoms. The minimum absolute atomic E-state index is 0.0236. The molecule has 0 saturated carbocycles. The van der Waals surface area contributed by atoms with Gasteiger partial charge in [-0.1, -0.05) is 5.92 Å². The first kappa shape index (κ1) is 14.4. The number of hydrogen-bond acceptors (Lipinski definition) is 3. The van der Waals surface area contributed by atoms with Gasteiger partial charge in [-0.15, -0.1) is 6.42 Å². The Labute approximate surface area is 119 Å². The molecule has 0 bridgehead atoms. The summed E-state index contributed by atoms with van der Waals surface area (Å²) in [4.78, 5) is 14.2. The lowest BCUT2D eigenvalue weighted by atomic mass is 10.1. The quantitative estimate of drug-likeness (QED) is 0.790. The number of ether oxygens (including phenoxy) is 2. The fraction of sp³-hybridized carbons (Fsp3) is 0.438. The summed E-state index contributed by atoms with van der Waals surface area (Å²) in [5.74, 6) is 3.10. The Morgan fingerprint density at radius 3 is 2.50 bits per heavy atom. The van der Waals surface area contributed by atoms with Crippen molar-refractivity contribution >= 4 is 5.91 Å². The van der Waals surface area contributed by atoms with Gasteiger partial charge in [0.15, 0.2) is 0 Å². The number of hydrogen-bond donors (Lipinski definition) is 0. The van der Waals surface area contributed by atoms with Gasteiger partial charge in [-0.2, -0.15) is 0 Å². The van der Waals surface area contributed by atoms with Crippen molar-refractivity contribution in [2.24, 2.45) is 0 Å². The van der Waals surface area contributed by atoms with Crippen molar-refractivity contribution in [1.29, 1.82) is 0 Å². The van der Waals surface area contributed by atoms with E-state index >= 15 is 0 Å². The Morgan fingerprint density at radius 2 is 1.95 bits per heavy atom. The lowest BCUT2D eigenvalue weighted by Crippen LogP contribution is -2.48. The molecule has 0 aliphatic carbocycles. The normalized spacial score (nSPS) is 22.1.